The summed E-state index contributed by atoms with van der Waals surface area (Å²) in [4.78, 5) is 44.8. The smallest absolute Gasteiger partial charge is 0.305 e. The molecule has 1 aliphatic carbocycles. The number of hydrogen-bond acceptors (Lipinski definition) is 4. The van der Waals surface area contributed by atoms with E-state index < -0.39 is 17.4 Å². The molecule has 2 aliphatic rings. The Morgan fingerprint density at radius 2 is 1.76 bits per heavy atom. The number of carboxylic acid groups (broad SMARTS) is 1. The van der Waals surface area contributed by atoms with Gasteiger partial charge in [0, 0.05) is 22.7 Å². The van der Waals surface area contributed by atoms with Crippen LogP contribution in [0.1, 0.15) is 100 Å². The zero-order valence-corrected chi connectivity index (χ0v) is 25.6. The molecule has 9 heteroatoms. The fraction of sp³-hybridized carbons (Fsp3) is 0.515. The number of carbonyl (C=O) groups excluding carboxylic acids is 2. The average Bonchev–Trinajstić information content (AvgIpc) is 3.20. The summed E-state index contributed by atoms with van der Waals surface area (Å²) in [5.41, 5.74) is 1.19. The molecule has 7 nitrogen and oxygen atoms in total. The molecule has 226 valence electrons. The summed E-state index contributed by atoms with van der Waals surface area (Å²) in [7, 11) is 0. The first kappa shape index (κ1) is 31.7. The summed E-state index contributed by atoms with van der Waals surface area (Å²) in [6.45, 7) is 8.80. The van der Waals surface area contributed by atoms with Gasteiger partial charge in [-0.1, -0.05) is 51.4 Å². The fourth-order valence-corrected chi connectivity index (χ4v) is 6.44. The van der Waals surface area contributed by atoms with Gasteiger partial charge >= 0.3 is 5.97 Å². The predicted molar refractivity (Wildman–Crippen MR) is 162 cm³/mol. The van der Waals surface area contributed by atoms with Crippen molar-refractivity contribution in [1.29, 1.82) is 0 Å². The Morgan fingerprint density at radius 1 is 1.10 bits per heavy atom. The third-order valence-electron chi connectivity index (χ3n) is 8.61. The lowest BCUT2D eigenvalue weighted by Crippen LogP contribution is -2.51. The van der Waals surface area contributed by atoms with Gasteiger partial charge in [-0.05, 0) is 92.2 Å². The van der Waals surface area contributed by atoms with E-state index in [9.17, 15) is 18.8 Å². The molecule has 0 bridgehead atoms. The Balaban J connectivity index is 1.71. The van der Waals surface area contributed by atoms with Crippen LogP contribution in [0.2, 0.25) is 5.02 Å². The number of carbonyl (C=O) groups is 3. The number of halogens is 2. The van der Waals surface area contributed by atoms with Crippen molar-refractivity contribution >= 4 is 35.1 Å². The molecule has 0 aromatic heterocycles. The first-order valence-electron chi connectivity index (χ1n) is 14.9. The molecule has 2 aromatic carbocycles. The molecule has 2 N–H and O–H groups in total. The number of aliphatic imine (C=N–C) groups is 1. The minimum absolute atomic E-state index is 0.0410. The summed E-state index contributed by atoms with van der Waals surface area (Å²) in [5, 5.41) is 11.7. The van der Waals surface area contributed by atoms with Gasteiger partial charge in [0.15, 0.2) is 0 Å². The van der Waals surface area contributed by atoms with E-state index >= 15 is 0 Å². The van der Waals surface area contributed by atoms with E-state index in [1.807, 2.05) is 17.0 Å². The molecule has 42 heavy (non-hydrogen) atoms. The van der Waals surface area contributed by atoms with Crippen molar-refractivity contribution in [2.24, 2.45) is 22.7 Å². The maximum absolute atomic E-state index is 14.4. The van der Waals surface area contributed by atoms with Crippen LogP contribution in [0.3, 0.4) is 0 Å². The van der Waals surface area contributed by atoms with Crippen molar-refractivity contribution in [3.05, 3.63) is 70.0 Å². The van der Waals surface area contributed by atoms with Crippen LogP contribution in [0.25, 0.3) is 0 Å². The van der Waals surface area contributed by atoms with Crippen LogP contribution in [0.4, 0.5) is 4.39 Å². The fourth-order valence-electron chi connectivity index (χ4n) is 6.22. The Morgan fingerprint density at radius 3 is 2.33 bits per heavy atom. The molecule has 0 unspecified atom stereocenters. The van der Waals surface area contributed by atoms with E-state index in [1.54, 1.807) is 18.2 Å². The van der Waals surface area contributed by atoms with Crippen LogP contribution in [-0.2, 0) is 9.59 Å². The number of aliphatic carboxylic acids is 1. The third-order valence-corrected chi connectivity index (χ3v) is 8.83. The zero-order chi connectivity index (χ0) is 30.6. The second-order valence-corrected chi connectivity index (χ2v) is 12.8. The van der Waals surface area contributed by atoms with Crippen LogP contribution >= 0.6 is 11.6 Å². The van der Waals surface area contributed by atoms with E-state index in [1.165, 1.54) is 12.1 Å². The number of nitrogens with one attached hydrogen (secondary N) is 1. The zero-order valence-electron chi connectivity index (χ0n) is 24.8. The SMILES string of the molecule is CC(C)CC[C@H](c1ccc(C(=O)NCCC(=O)O)cc1)N1C(=O)C(c2cc(F)cc(Cl)c2)=NC12CCC(C(C)C)CC2. The van der Waals surface area contributed by atoms with Crippen molar-refractivity contribution in [3.8, 4) is 0 Å². The van der Waals surface area contributed by atoms with Gasteiger partial charge in [-0.2, -0.15) is 0 Å². The number of hydrogen-bond donors (Lipinski definition) is 2. The Kier molecular flexibility index (Phi) is 10.1. The maximum Gasteiger partial charge on any atom is 0.305 e. The number of rotatable bonds is 11. The molecule has 1 aliphatic heterocycles. The van der Waals surface area contributed by atoms with Gasteiger partial charge in [0.1, 0.15) is 17.2 Å². The highest BCUT2D eigenvalue weighted by Crippen LogP contribution is 2.48. The van der Waals surface area contributed by atoms with Crippen LogP contribution in [-0.4, -0.2) is 45.7 Å². The van der Waals surface area contributed by atoms with Crippen molar-refractivity contribution in [3.63, 3.8) is 0 Å². The van der Waals surface area contributed by atoms with Crippen molar-refractivity contribution in [2.75, 3.05) is 6.54 Å². The van der Waals surface area contributed by atoms with Crippen molar-refractivity contribution < 1.29 is 23.9 Å². The average molecular weight is 598 g/mol. The first-order valence-corrected chi connectivity index (χ1v) is 15.3. The number of amides is 2. The summed E-state index contributed by atoms with van der Waals surface area (Å²) < 4.78 is 14.4. The summed E-state index contributed by atoms with van der Waals surface area (Å²) in [5.74, 6) is -0.600. The van der Waals surface area contributed by atoms with Gasteiger partial charge in [-0.3, -0.25) is 19.4 Å². The van der Waals surface area contributed by atoms with Crippen molar-refractivity contribution in [2.45, 2.75) is 84.3 Å². The second-order valence-electron chi connectivity index (χ2n) is 12.4. The quantitative estimate of drug-likeness (QED) is 0.290. The highest BCUT2D eigenvalue weighted by Gasteiger charge is 2.52. The van der Waals surface area contributed by atoms with E-state index in [0.717, 1.165) is 37.7 Å². The lowest BCUT2D eigenvalue weighted by atomic mass is 9.75. The molecule has 1 heterocycles. The van der Waals surface area contributed by atoms with Gasteiger partial charge < -0.3 is 15.3 Å². The molecule has 2 amide bonds. The monoisotopic (exact) mass is 597 g/mol. The van der Waals surface area contributed by atoms with Gasteiger partial charge in [0.25, 0.3) is 11.8 Å². The molecule has 1 spiro atoms. The van der Waals surface area contributed by atoms with Crippen LogP contribution in [0.5, 0.6) is 0 Å². The van der Waals surface area contributed by atoms with E-state index in [2.05, 4.69) is 33.0 Å². The molecular weight excluding hydrogens is 557 g/mol. The number of benzene rings is 2. The van der Waals surface area contributed by atoms with Gasteiger partial charge in [0.05, 0.1) is 12.5 Å². The molecular formula is C33H41ClFN3O4. The van der Waals surface area contributed by atoms with Gasteiger partial charge in [0.2, 0.25) is 0 Å². The summed E-state index contributed by atoms with van der Waals surface area (Å²) >= 11 is 6.19. The standard InChI is InChI=1S/C33H41ClFN3O4/c1-20(2)5-10-28(23-6-8-24(9-7-23)31(41)36-16-13-29(39)40)38-32(42)30(25-17-26(34)19-27(35)18-25)37-33(38)14-11-22(12-15-33)21(3)4/h6-9,17-22,28H,5,10-16H2,1-4H3,(H,36,41)(H,39,40)/t22?,28-,33?/m1/s1. The minimum Gasteiger partial charge on any atom is -0.481 e. The normalized spacial score (nSPS) is 21.2. The minimum atomic E-state index is -0.979. The molecule has 2 aromatic rings. The lowest BCUT2D eigenvalue weighted by Gasteiger charge is -2.46. The number of nitrogens with zero attached hydrogens (tertiary/aromatic N) is 2. The van der Waals surface area contributed by atoms with Crippen molar-refractivity contribution in [1.82, 2.24) is 10.2 Å². The van der Waals surface area contributed by atoms with Crippen LogP contribution < -0.4 is 5.32 Å². The van der Waals surface area contributed by atoms with Gasteiger partial charge in [-0.15, -0.1) is 0 Å². The van der Waals surface area contributed by atoms with Crippen LogP contribution in [0, 0.1) is 23.6 Å². The largest absolute Gasteiger partial charge is 0.481 e. The highest BCUT2D eigenvalue weighted by atomic mass is 35.5. The molecule has 0 saturated heterocycles. The van der Waals surface area contributed by atoms with E-state index in [0.29, 0.717) is 35.3 Å². The molecule has 1 fully saturated rings. The predicted octanol–water partition coefficient (Wildman–Crippen LogP) is 7.03. The first-order chi connectivity index (χ1) is 19.9. The molecule has 0 radical (unpaired) electrons. The Bertz CT molecular complexity index is 1310. The lowest BCUT2D eigenvalue weighted by molar-refractivity contribution is -0.137. The molecule has 1 atom stereocenters. The summed E-state index contributed by atoms with van der Waals surface area (Å²) in [6.07, 6.45) is 4.74. The second kappa shape index (κ2) is 13.4. The van der Waals surface area contributed by atoms with Crippen LogP contribution in [0.15, 0.2) is 47.5 Å². The Labute approximate surface area is 252 Å². The molecule has 1 saturated carbocycles. The maximum atomic E-state index is 14.4. The van der Waals surface area contributed by atoms with Gasteiger partial charge in [-0.25, -0.2) is 4.39 Å². The molecule has 4 rings (SSSR count). The topological polar surface area (TPSA) is 99.1 Å². The Hall–Kier alpha value is -3.26. The summed E-state index contributed by atoms with van der Waals surface area (Å²) in [6, 6.07) is 11.0. The van der Waals surface area contributed by atoms with E-state index in [4.69, 9.17) is 21.7 Å². The van der Waals surface area contributed by atoms with E-state index in [-0.39, 0.29) is 41.6 Å². The highest BCUT2D eigenvalue weighted by molar-refractivity contribution is 6.47. The third kappa shape index (κ3) is 7.20. The number of carboxylic acids is 1.